The summed E-state index contributed by atoms with van der Waals surface area (Å²) in [5.74, 6) is 2.46. The number of piperazine rings is 1. The van der Waals surface area contributed by atoms with Crippen LogP contribution in [-0.4, -0.2) is 46.5 Å². The maximum atomic E-state index is 11.7. The van der Waals surface area contributed by atoms with Gasteiger partial charge < -0.3 is 15.5 Å². The zero-order chi connectivity index (χ0) is 13.6. The van der Waals surface area contributed by atoms with Crippen LogP contribution in [0.3, 0.4) is 0 Å². The number of fused-ring (bicyclic) bond motifs is 1. The molecule has 2 fully saturated rings. The summed E-state index contributed by atoms with van der Waals surface area (Å²) in [6.07, 6.45) is 1.64. The lowest BCUT2D eigenvalue weighted by molar-refractivity contribution is -0.129. The second kappa shape index (κ2) is 4.36. The molecule has 102 valence electrons. The van der Waals surface area contributed by atoms with Gasteiger partial charge in [0, 0.05) is 37.7 Å². The third kappa shape index (κ3) is 2.01. The van der Waals surface area contributed by atoms with E-state index in [9.17, 15) is 4.79 Å². The number of carbonyl (C=O) groups is 1. The van der Waals surface area contributed by atoms with Gasteiger partial charge in [0.15, 0.2) is 0 Å². The largest absolute Gasteiger partial charge is 0.383 e. The molecular formula is C13H19N5O. The van der Waals surface area contributed by atoms with Crippen molar-refractivity contribution in [2.45, 2.75) is 32.7 Å². The van der Waals surface area contributed by atoms with Gasteiger partial charge >= 0.3 is 0 Å². The van der Waals surface area contributed by atoms with Gasteiger partial charge in [0.05, 0.1) is 0 Å². The predicted octanol–water partition coefficient (Wildman–Crippen LogP) is 0.487. The lowest BCUT2D eigenvalue weighted by atomic mass is 10.1. The van der Waals surface area contributed by atoms with E-state index in [4.69, 9.17) is 5.73 Å². The van der Waals surface area contributed by atoms with Gasteiger partial charge in [0.2, 0.25) is 5.91 Å². The van der Waals surface area contributed by atoms with Crippen molar-refractivity contribution in [2.75, 3.05) is 30.3 Å². The van der Waals surface area contributed by atoms with Gasteiger partial charge in [-0.15, -0.1) is 0 Å². The van der Waals surface area contributed by atoms with E-state index < -0.39 is 0 Å². The Hall–Kier alpha value is -1.85. The van der Waals surface area contributed by atoms with Crippen LogP contribution in [0.15, 0.2) is 0 Å². The molecule has 1 atom stereocenters. The average molecular weight is 261 g/mol. The summed E-state index contributed by atoms with van der Waals surface area (Å²) in [5, 5.41) is 0. The minimum Gasteiger partial charge on any atom is -0.383 e. The van der Waals surface area contributed by atoms with Gasteiger partial charge in [0.1, 0.15) is 17.5 Å². The molecule has 1 unspecified atom stereocenters. The Morgan fingerprint density at radius 2 is 2.05 bits per heavy atom. The number of nitrogen functional groups attached to an aromatic ring is 1. The molecule has 1 aromatic rings. The molecule has 2 aliphatic heterocycles. The first-order valence-corrected chi connectivity index (χ1v) is 6.71. The molecule has 0 aliphatic carbocycles. The van der Waals surface area contributed by atoms with E-state index in [-0.39, 0.29) is 0 Å². The Labute approximate surface area is 112 Å². The highest BCUT2D eigenvalue weighted by Crippen LogP contribution is 2.28. The van der Waals surface area contributed by atoms with Gasteiger partial charge in [-0.05, 0) is 20.3 Å². The number of nitrogens with two attached hydrogens (primary N) is 1. The predicted molar refractivity (Wildman–Crippen MR) is 72.9 cm³/mol. The zero-order valence-electron chi connectivity index (χ0n) is 11.4. The number of carbonyl (C=O) groups excluding carboxylic acids is 1. The number of aromatic nitrogens is 2. The van der Waals surface area contributed by atoms with Crippen LogP contribution in [-0.2, 0) is 4.79 Å². The van der Waals surface area contributed by atoms with Crippen molar-refractivity contribution in [3.63, 3.8) is 0 Å². The highest BCUT2D eigenvalue weighted by molar-refractivity contribution is 5.79. The quantitative estimate of drug-likeness (QED) is 0.796. The third-order valence-corrected chi connectivity index (χ3v) is 4.06. The van der Waals surface area contributed by atoms with Crippen LogP contribution in [0, 0.1) is 13.8 Å². The minimum atomic E-state index is 0.291. The summed E-state index contributed by atoms with van der Waals surface area (Å²) in [5.41, 5.74) is 6.85. The molecule has 2 aliphatic rings. The number of rotatable bonds is 1. The minimum absolute atomic E-state index is 0.291. The SMILES string of the molecule is Cc1nc(N)c(C)c(N2CCN3C(=O)CCC3C2)n1. The number of anilines is 2. The van der Waals surface area contributed by atoms with Gasteiger partial charge in [-0.1, -0.05) is 0 Å². The highest BCUT2D eigenvalue weighted by atomic mass is 16.2. The maximum Gasteiger partial charge on any atom is 0.223 e. The first-order valence-electron chi connectivity index (χ1n) is 6.71. The standard InChI is InChI=1S/C13H19N5O/c1-8-12(14)15-9(2)16-13(8)17-5-6-18-10(7-17)3-4-11(18)19/h10H,3-7H2,1-2H3,(H2,14,15,16). The Morgan fingerprint density at radius 3 is 2.84 bits per heavy atom. The van der Waals surface area contributed by atoms with Crippen LogP contribution in [0.25, 0.3) is 0 Å². The summed E-state index contributed by atoms with van der Waals surface area (Å²) in [6.45, 7) is 6.26. The van der Waals surface area contributed by atoms with E-state index in [1.807, 2.05) is 18.7 Å². The fourth-order valence-electron chi connectivity index (χ4n) is 3.00. The molecule has 0 aromatic carbocycles. The molecule has 3 heterocycles. The van der Waals surface area contributed by atoms with Crippen molar-refractivity contribution in [3.05, 3.63) is 11.4 Å². The fraction of sp³-hybridized carbons (Fsp3) is 0.615. The monoisotopic (exact) mass is 261 g/mol. The van der Waals surface area contributed by atoms with E-state index in [0.717, 1.165) is 37.4 Å². The Morgan fingerprint density at radius 1 is 1.26 bits per heavy atom. The molecule has 19 heavy (non-hydrogen) atoms. The summed E-state index contributed by atoms with van der Waals surface area (Å²) in [6, 6.07) is 0.331. The number of hydrogen-bond donors (Lipinski definition) is 1. The molecule has 1 aromatic heterocycles. The van der Waals surface area contributed by atoms with Crippen LogP contribution < -0.4 is 10.6 Å². The molecule has 6 heteroatoms. The van der Waals surface area contributed by atoms with Crippen LogP contribution in [0.1, 0.15) is 24.2 Å². The summed E-state index contributed by atoms with van der Waals surface area (Å²) < 4.78 is 0. The molecule has 0 saturated carbocycles. The van der Waals surface area contributed by atoms with Crippen molar-refractivity contribution in [2.24, 2.45) is 0 Å². The average Bonchev–Trinajstić information content (AvgIpc) is 2.75. The summed E-state index contributed by atoms with van der Waals surface area (Å²) in [4.78, 5) is 24.6. The van der Waals surface area contributed by atoms with Gasteiger partial charge in [0.25, 0.3) is 0 Å². The van der Waals surface area contributed by atoms with E-state index in [2.05, 4.69) is 14.9 Å². The molecular weight excluding hydrogens is 242 g/mol. The normalized spacial score (nSPS) is 22.8. The third-order valence-electron chi connectivity index (χ3n) is 4.06. The molecule has 0 radical (unpaired) electrons. The second-order valence-electron chi connectivity index (χ2n) is 5.33. The Balaban J connectivity index is 1.86. The van der Waals surface area contributed by atoms with Gasteiger partial charge in [-0.25, -0.2) is 9.97 Å². The first kappa shape index (κ1) is 12.2. The lowest BCUT2D eigenvalue weighted by Gasteiger charge is -2.38. The second-order valence-corrected chi connectivity index (χ2v) is 5.33. The number of nitrogens with zero attached hydrogens (tertiary/aromatic N) is 4. The Bertz CT molecular complexity index is 530. The molecule has 3 rings (SSSR count). The first-order chi connectivity index (χ1) is 9.06. The number of amides is 1. The van der Waals surface area contributed by atoms with Gasteiger partial charge in [-0.3, -0.25) is 4.79 Å². The lowest BCUT2D eigenvalue weighted by Crippen LogP contribution is -2.52. The van der Waals surface area contributed by atoms with Crippen molar-refractivity contribution >= 4 is 17.5 Å². The van der Waals surface area contributed by atoms with Gasteiger partial charge in [-0.2, -0.15) is 0 Å². The van der Waals surface area contributed by atoms with Crippen molar-refractivity contribution in [1.82, 2.24) is 14.9 Å². The van der Waals surface area contributed by atoms with E-state index in [1.54, 1.807) is 0 Å². The van der Waals surface area contributed by atoms with E-state index in [1.165, 1.54) is 0 Å². The molecule has 0 bridgehead atoms. The fourth-order valence-corrected chi connectivity index (χ4v) is 3.00. The molecule has 2 N–H and O–H groups in total. The van der Waals surface area contributed by atoms with Crippen molar-refractivity contribution in [3.8, 4) is 0 Å². The number of aryl methyl sites for hydroxylation is 1. The van der Waals surface area contributed by atoms with Crippen molar-refractivity contribution in [1.29, 1.82) is 0 Å². The molecule has 2 saturated heterocycles. The maximum absolute atomic E-state index is 11.7. The Kier molecular flexibility index (Phi) is 2.80. The molecule has 0 spiro atoms. The number of hydrogen-bond acceptors (Lipinski definition) is 5. The smallest absolute Gasteiger partial charge is 0.223 e. The highest BCUT2D eigenvalue weighted by Gasteiger charge is 2.36. The zero-order valence-corrected chi connectivity index (χ0v) is 11.4. The molecule has 6 nitrogen and oxygen atoms in total. The van der Waals surface area contributed by atoms with Crippen LogP contribution in [0.5, 0.6) is 0 Å². The topological polar surface area (TPSA) is 75.3 Å². The van der Waals surface area contributed by atoms with Crippen molar-refractivity contribution < 1.29 is 4.79 Å². The van der Waals surface area contributed by atoms with Crippen LogP contribution >= 0.6 is 0 Å². The van der Waals surface area contributed by atoms with E-state index in [0.29, 0.717) is 30.0 Å². The molecule has 1 amide bonds. The summed E-state index contributed by atoms with van der Waals surface area (Å²) in [7, 11) is 0. The van der Waals surface area contributed by atoms with Crippen LogP contribution in [0.4, 0.5) is 11.6 Å². The summed E-state index contributed by atoms with van der Waals surface area (Å²) >= 11 is 0. The van der Waals surface area contributed by atoms with Crippen LogP contribution in [0.2, 0.25) is 0 Å². The van der Waals surface area contributed by atoms with E-state index >= 15 is 0 Å².